The normalized spacial score (nSPS) is 45.0. The number of rotatable bonds is 1. The third-order valence-electron chi connectivity index (χ3n) is 3.57. The van der Waals surface area contributed by atoms with Gasteiger partial charge in [0.05, 0.1) is 12.2 Å². The molecule has 4 unspecified atom stereocenters. The van der Waals surface area contributed by atoms with Gasteiger partial charge in [0.1, 0.15) is 0 Å². The molecule has 0 N–H and O–H groups in total. The quantitative estimate of drug-likeness (QED) is 0.645. The molecule has 2 heteroatoms. The van der Waals surface area contributed by atoms with Gasteiger partial charge in [-0.3, -0.25) is 0 Å². The summed E-state index contributed by atoms with van der Waals surface area (Å²) >= 11 is 0. The Bertz CT molecular complexity index is 161. The lowest BCUT2D eigenvalue weighted by Gasteiger charge is -2.37. The van der Waals surface area contributed by atoms with Gasteiger partial charge in [0.2, 0.25) is 0 Å². The molecule has 14 heavy (non-hydrogen) atoms. The number of hydrogen-bond donors (Lipinski definition) is 0. The molecule has 2 rings (SSSR count). The fourth-order valence-corrected chi connectivity index (χ4v) is 2.52. The van der Waals surface area contributed by atoms with Crippen LogP contribution in [0.1, 0.15) is 39.5 Å². The summed E-state index contributed by atoms with van der Waals surface area (Å²) in [5.41, 5.74) is 0. The summed E-state index contributed by atoms with van der Waals surface area (Å²) in [7, 11) is 0. The predicted molar refractivity (Wildman–Crippen MR) is 56.3 cm³/mol. The van der Waals surface area contributed by atoms with Gasteiger partial charge in [-0.05, 0) is 37.5 Å². The van der Waals surface area contributed by atoms with Gasteiger partial charge in [-0.2, -0.15) is 0 Å². The van der Waals surface area contributed by atoms with Gasteiger partial charge in [-0.25, -0.2) is 0 Å². The Labute approximate surface area is 87.0 Å². The number of ether oxygens (including phenoxy) is 2. The van der Waals surface area contributed by atoms with Crippen molar-refractivity contribution in [3.63, 3.8) is 0 Å². The van der Waals surface area contributed by atoms with E-state index < -0.39 is 0 Å². The molecule has 4 atom stereocenters. The smallest absolute Gasteiger partial charge is 0.0839 e. The average Bonchev–Trinajstić information content (AvgIpc) is 2.18. The molecule has 0 aromatic heterocycles. The van der Waals surface area contributed by atoms with Gasteiger partial charge >= 0.3 is 0 Å². The summed E-state index contributed by atoms with van der Waals surface area (Å²) in [5, 5.41) is 0. The van der Waals surface area contributed by atoms with E-state index in [0.29, 0.717) is 12.2 Å². The van der Waals surface area contributed by atoms with E-state index in [1.807, 2.05) is 0 Å². The summed E-state index contributed by atoms with van der Waals surface area (Å²) in [5.74, 6) is 1.63. The van der Waals surface area contributed by atoms with Crippen LogP contribution in [0.4, 0.5) is 0 Å². The van der Waals surface area contributed by atoms with E-state index in [2.05, 4.69) is 13.8 Å². The first-order valence-corrected chi connectivity index (χ1v) is 5.99. The van der Waals surface area contributed by atoms with Crippen LogP contribution in [-0.4, -0.2) is 25.4 Å². The van der Waals surface area contributed by atoms with Gasteiger partial charge in [-0.1, -0.05) is 13.8 Å². The van der Waals surface area contributed by atoms with Crippen LogP contribution in [0, 0.1) is 11.8 Å². The van der Waals surface area contributed by atoms with E-state index in [9.17, 15) is 0 Å². The van der Waals surface area contributed by atoms with Gasteiger partial charge in [-0.15, -0.1) is 0 Å². The third kappa shape index (κ3) is 2.48. The lowest BCUT2D eigenvalue weighted by molar-refractivity contribution is -0.125. The Hall–Kier alpha value is -0.0800. The Morgan fingerprint density at radius 1 is 0.786 bits per heavy atom. The summed E-state index contributed by atoms with van der Waals surface area (Å²) in [6.07, 6.45) is 5.58. The van der Waals surface area contributed by atoms with Crippen LogP contribution in [0.2, 0.25) is 0 Å². The van der Waals surface area contributed by atoms with Crippen LogP contribution in [0.3, 0.4) is 0 Å². The minimum absolute atomic E-state index is 0.376. The van der Waals surface area contributed by atoms with E-state index in [1.165, 1.54) is 25.7 Å². The SMILES string of the molecule is CC1CCOC(C2CC(C)CCO2)C1. The van der Waals surface area contributed by atoms with Crippen LogP contribution >= 0.6 is 0 Å². The first-order valence-electron chi connectivity index (χ1n) is 5.99. The van der Waals surface area contributed by atoms with E-state index in [1.54, 1.807) is 0 Å². The molecule has 2 saturated heterocycles. The molecular formula is C12H22O2. The van der Waals surface area contributed by atoms with Crippen LogP contribution in [-0.2, 0) is 9.47 Å². The van der Waals surface area contributed by atoms with Gasteiger partial charge in [0.25, 0.3) is 0 Å². The molecule has 2 fully saturated rings. The molecule has 0 amide bonds. The topological polar surface area (TPSA) is 18.5 Å². The van der Waals surface area contributed by atoms with Crippen molar-refractivity contribution >= 4 is 0 Å². The molecule has 0 aromatic carbocycles. The Kier molecular flexibility index (Phi) is 3.45. The van der Waals surface area contributed by atoms with Crippen molar-refractivity contribution in [1.29, 1.82) is 0 Å². The molecule has 2 aliphatic rings. The molecular weight excluding hydrogens is 176 g/mol. The van der Waals surface area contributed by atoms with Crippen molar-refractivity contribution in [2.24, 2.45) is 11.8 Å². The minimum atomic E-state index is 0.376. The molecule has 0 saturated carbocycles. The lowest BCUT2D eigenvalue weighted by atomic mass is 9.88. The van der Waals surface area contributed by atoms with Crippen LogP contribution < -0.4 is 0 Å². The van der Waals surface area contributed by atoms with E-state index >= 15 is 0 Å². The summed E-state index contributed by atoms with van der Waals surface area (Å²) in [6, 6.07) is 0. The number of hydrogen-bond acceptors (Lipinski definition) is 2. The molecule has 0 radical (unpaired) electrons. The van der Waals surface area contributed by atoms with E-state index in [-0.39, 0.29) is 0 Å². The first-order chi connectivity index (χ1) is 6.75. The Morgan fingerprint density at radius 2 is 1.21 bits per heavy atom. The molecule has 2 nitrogen and oxygen atoms in total. The summed E-state index contributed by atoms with van der Waals surface area (Å²) < 4.78 is 11.6. The maximum absolute atomic E-state index is 5.81. The van der Waals surface area contributed by atoms with Crippen molar-refractivity contribution in [2.75, 3.05) is 13.2 Å². The van der Waals surface area contributed by atoms with Gasteiger partial charge in [0.15, 0.2) is 0 Å². The highest BCUT2D eigenvalue weighted by molar-refractivity contribution is 4.80. The standard InChI is InChI=1S/C12H22O2/c1-9-3-5-13-11(7-9)12-8-10(2)4-6-14-12/h9-12H,3-8H2,1-2H3. The highest BCUT2D eigenvalue weighted by Crippen LogP contribution is 2.29. The van der Waals surface area contributed by atoms with Crippen molar-refractivity contribution in [3.8, 4) is 0 Å². The first kappa shape index (κ1) is 10.4. The highest BCUT2D eigenvalue weighted by atomic mass is 16.5. The highest BCUT2D eigenvalue weighted by Gasteiger charge is 2.31. The van der Waals surface area contributed by atoms with Crippen molar-refractivity contribution < 1.29 is 9.47 Å². The molecule has 2 aliphatic heterocycles. The predicted octanol–water partition coefficient (Wildman–Crippen LogP) is 2.62. The summed E-state index contributed by atoms with van der Waals surface area (Å²) in [4.78, 5) is 0. The fourth-order valence-electron chi connectivity index (χ4n) is 2.52. The van der Waals surface area contributed by atoms with Crippen molar-refractivity contribution in [3.05, 3.63) is 0 Å². The zero-order chi connectivity index (χ0) is 9.97. The largest absolute Gasteiger partial charge is 0.376 e. The molecule has 0 spiro atoms. The zero-order valence-corrected chi connectivity index (χ0v) is 9.37. The Morgan fingerprint density at radius 3 is 1.57 bits per heavy atom. The van der Waals surface area contributed by atoms with E-state index in [4.69, 9.17) is 9.47 Å². The van der Waals surface area contributed by atoms with Crippen LogP contribution in [0.25, 0.3) is 0 Å². The van der Waals surface area contributed by atoms with Crippen molar-refractivity contribution in [1.82, 2.24) is 0 Å². The van der Waals surface area contributed by atoms with Crippen molar-refractivity contribution in [2.45, 2.75) is 51.7 Å². The summed E-state index contributed by atoms with van der Waals surface area (Å²) in [6.45, 7) is 6.50. The maximum atomic E-state index is 5.81. The fraction of sp³-hybridized carbons (Fsp3) is 1.00. The lowest BCUT2D eigenvalue weighted by Crippen LogP contribution is -2.40. The molecule has 0 bridgehead atoms. The maximum Gasteiger partial charge on any atom is 0.0839 e. The van der Waals surface area contributed by atoms with E-state index in [0.717, 1.165) is 25.0 Å². The van der Waals surface area contributed by atoms with Gasteiger partial charge < -0.3 is 9.47 Å². The molecule has 82 valence electrons. The van der Waals surface area contributed by atoms with Crippen LogP contribution in [0.15, 0.2) is 0 Å². The zero-order valence-electron chi connectivity index (χ0n) is 9.37. The second-order valence-electron chi connectivity index (χ2n) is 5.08. The molecule has 2 heterocycles. The second kappa shape index (κ2) is 4.63. The molecule has 0 aromatic rings. The van der Waals surface area contributed by atoms with Crippen LogP contribution in [0.5, 0.6) is 0 Å². The molecule has 0 aliphatic carbocycles. The van der Waals surface area contributed by atoms with Gasteiger partial charge in [0, 0.05) is 13.2 Å². The Balaban J connectivity index is 1.86. The minimum Gasteiger partial charge on any atom is -0.376 e. The average molecular weight is 198 g/mol. The monoisotopic (exact) mass is 198 g/mol. The third-order valence-corrected chi connectivity index (χ3v) is 3.57. The second-order valence-corrected chi connectivity index (χ2v) is 5.08.